The van der Waals surface area contributed by atoms with Gasteiger partial charge in [-0.3, -0.25) is 0 Å². The SMILES string of the molecule is CSC1CCC(NCC(O)COc2cc(Cl)ccc2Cl)C1. The van der Waals surface area contributed by atoms with Crippen LogP contribution >= 0.6 is 35.0 Å². The molecule has 0 saturated heterocycles. The average Bonchev–Trinajstić information content (AvgIpc) is 2.94. The first-order valence-electron chi connectivity index (χ1n) is 7.10. The number of aliphatic hydroxyl groups is 1. The van der Waals surface area contributed by atoms with Crippen LogP contribution in [0.4, 0.5) is 0 Å². The smallest absolute Gasteiger partial charge is 0.139 e. The lowest BCUT2D eigenvalue weighted by Gasteiger charge is -2.17. The highest BCUT2D eigenvalue weighted by Gasteiger charge is 2.23. The summed E-state index contributed by atoms with van der Waals surface area (Å²) in [5.41, 5.74) is 0. The molecule has 0 aliphatic heterocycles. The summed E-state index contributed by atoms with van der Waals surface area (Å²) < 4.78 is 5.53. The molecule has 3 nitrogen and oxygen atoms in total. The van der Waals surface area contributed by atoms with Crippen LogP contribution in [0.2, 0.25) is 10.0 Å². The standard InChI is InChI=1S/C15H21Cl2NO2S/c1-21-13-4-3-11(7-13)18-8-12(19)9-20-15-6-10(16)2-5-14(15)17/h2,5-6,11-13,18-19H,3-4,7-9H2,1H3. The van der Waals surface area contributed by atoms with Gasteiger partial charge in [0.2, 0.25) is 0 Å². The monoisotopic (exact) mass is 349 g/mol. The lowest BCUT2D eigenvalue weighted by molar-refractivity contribution is 0.104. The first-order valence-corrected chi connectivity index (χ1v) is 9.15. The van der Waals surface area contributed by atoms with Crippen molar-refractivity contribution in [1.82, 2.24) is 5.32 Å². The number of nitrogens with one attached hydrogen (secondary N) is 1. The van der Waals surface area contributed by atoms with E-state index in [-0.39, 0.29) is 6.61 Å². The van der Waals surface area contributed by atoms with E-state index in [4.69, 9.17) is 27.9 Å². The predicted octanol–water partition coefficient (Wildman–Crippen LogP) is 3.61. The molecular weight excluding hydrogens is 329 g/mol. The van der Waals surface area contributed by atoms with Crippen LogP contribution < -0.4 is 10.1 Å². The summed E-state index contributed by atoms with van der Waals surface area (Å²) in [6.07, 6.45) is 5.20. The van der Waals surface area contributed by atoms with Crippen LogP contribution in [-0.2, 0) is 0 Å². The van der Waals surface area contributed by atoms with E-state index in [9.17, 15) is 5.11 Å². The molecule has 1 aliphatic carbocycles. The minimum absolute atomic E-state index is 0.200. The number of thioether (sulfide) groups is 1. The second-order valence-electron chi connectivity index (χ2n) is 5.32. The Morgan fingerprint density at radius 2 is 2.24 bits per heavy atom. The molecule has 21 heavy (non-hydrogen) atoms. The summed E-state index contributed by atoms with van der Waals surface area (Å²) in [5.74, 6) is 0.506. The molecule has 2 rings (SSSR count). The highest BCUT2D eigenvalue weighted by molar-refractivity contribution is 7.99. The van der Waals surface area contributed by atoms with Gasteiger partial charge in [0.05, 0.1) is 5.02 Å². The van der Waals surface area contributed by atoms with E-state index >= 15 is 0 Å². The van der Waals surface area contributed by atoms with Crippen molar-refractivity contribution in [2.45, 2.75) is 36.7 Å². The third-order valence-corrected chi connectivity index (χ3v) is 5.33. The van der Waals surface area contributed by atoms with Gasteiger partial charge < -0.3 is 15.2 Å². The molecule has 3 atom stereocenters. The van der Waals surface area contributed by atoms with Gasteiger partial charge in [0.1, 0.15) is 18.5 Å². The van der Waals surface area contributed by atoms with Crippen molar-refractivity contribution < 1.29 is 9.84 Å². The number of rotatable bonds is 7. The zero-order chi connectivity index (χ0) is 15.2. The van der Waals surface area contributed by atoms with Crippen LogP contribution in [0.5, 0.6) is 5.75 Å². The molecule has 0 radical (unpaired) electrons. The molecule has 1 saturated carbocycles. The van der Waals surface area contributed by atoms with E-state index in [0.717, 1.165) is 5.25 Å². The third kappa shape index (κ3) is 5.53. The van der Waals surface area contributed by atoms with Crippen molar-refractivity contribution in [2.24, 2.45) is 0 Å². The molecule has 3 unspecified atom stereocenters. The second-order valence-corrected chi connectivity index (χ2v) is 7.30. The van der Waals surface area contributed by atoms with E-state index < -0.39 is 6.10 Å². The summed E-state index contributed by atoms with van der Waals surface area (Å²) >= 11 is 13.8. The van der Waals surface area contributed by atoms with Crippen LogP contribution in [0, 0.1) is 0 Å². The Bertz CT molecular complexity index is 461. The van der Waals surface area contributed by atoms with E-state index in [0.29, 0.717) is 28.4 Å². The van der Waals surface area contributed by atoms with Gasteiger partial charge >= 0.3 is 0 Å². The molecule has 1 aromatic rings. The van der Waals surface area contributed by atoms with Crippen LogP contribution in [0.1, 0.15) is 19.3 Å². The van der Waals surface area contributed by atoms with Gasteiger partial charge in [-0.25, -0.2) is 0 Å². The molecule has 0 spiro atoms. The van der Waals surface area contributed by atoms with Crippen molar-refractivity contribution in [3.8, 4) is 5.75 Å². The van der Waals surface area contributed by atoms with E-state index in [1.54, 1.807) is 18.2 Å². The van der Waals surface area contributed by atoms with Gasteiger partial charge in [-0.2, -0.15) is 11.8 Å². The molecule has 0 aromatic heterocycles. The number of benzene rings is 1. The van der Waals surface area contributed by atoms with E-state index in [2.05, 4.69) is 11.6 Å². The van der Waals surface area contributed by atoms with Crippen LogP contribution in [-0.4, -0.2) is 41.9 Å². The average molecular weight is 350 g/mol. The lowest BCUT2D eigenvalue weighted by Crippen LogP contribution is -2.37. The Morgan fingerprint density at radius 3 is 2.95 bits per heavy atom. The molecule has 118 valence electrons. The Morgan fingerprint density at radius 1 is 1.43 bits per heavy atom. The van der Waals surface area contributed by atoms with Crippen LogP contribution in [0.25, 0.3) is 0 Å². The molecule has 6 heteroatoms. The largest absolute Gasteiger partial charge is 0.489 e. The maximum atomic E-state index is 9.99. The van der Waals surface area contributed by atoms with Gasteiger partial charge in [0.25, 0.3) is 0 Å². The molecule has 0 amide bonds. The number of aliphatic hydroxyl groups excluding tert-OH is 1. The second kappa shape index (κ2) is 8.49. The Balaban J connectivity index is 1.70. The van der Waals surface area contributed by atoms with Crippen molar-refractivity contribution in [3.05, 3.63) is 28.2 Å². The topological polar surface area (TPSA) is 41.5 Å². The zero-order valence-electron chi connectivity index (χ0n) is 12.0. The molecule has 0 heterocycles. The third-order valence-electron chi connectivity index (χ3n) is 3.68. The fourth-order valence-corrected chi connectivity index (χ4v) is 3.61. The summed E-state index contributed by atoms with van der Waals surface area (Å²) in [7, 11) is 0. The highest BCUT2D eigenvalue weighted by Crippen LogP contribution is 2.29. The fourth-order valence-electron chi connectivity index (χ4n) is 2.48. The molecular formula is C15H21Cl2NO2S. The minimum atomic E-state index is -0.562. The Kier molecular flexibility index (Phi) is 6.96. The van der Waals surface area contributed by atoms with Gasteiger partial charge in [-0.1, -0.05) is 23.2 Å². The zero-order valence-corrected chi connectivity index (χ0v) is 14.3. The van der Waals surface area contributed by atoms with Crippen molar-refractivity contribution >= 4 is 35.0 Å². The molecule has 1 aromatic carbocycles. The molecule has 1 fully saturated rings. The van der Waals surface area contributed by atoms with Crippen molar-refractivity contribution in [2.75, 3.05) is 19.4 Å². The normalized spacial score (nSPS) is 23.2. The predicted molar refractivity (Wildman–Crippen MR) is 90.9 cm³/mol. The molecule has 1 aliphatic rings. The quantitative estimate of drug-likeness (QED) is 0.788. The van der Waals surface area contributed by atoms with Crippen molar-refractivity contribution in [3.63, 3.8) is 0 Å². The van der Waals surface area contributed by atoms with Gasteiger partial charge in [-0.15, -0.1) is 0 Å². The van der Waals surface area contributed by atoms with Crippen molar-refractivity contribution in [1.29, 1.82) is 0 Å². The summed E-state index contributed by atoms with van der Waals surface area (Å²) in [6, 6.07) is 5.55. The Hall–Kier alpha value is -0.130. The summed E-state index contributed by atoms with van der Waals surface area (Å²) in [6.45, 7) is 0.732. The number of halogens is 2. The van der Waals surface area contributed by atoms with Gasteiger partial charge in [0, 0.05) is 28.9 Å². The fraction of sp³-hybridized carbons (Fsp3) is 0.600. The number of hydrogen-bond acceptors (Lipinski definition) is 4. The van der Waals surface area contributed by atoms with Gasteiger partial charge in [0.15, 0.2) is 0 Å². The summed E-state index contributed by atoms with van der Waals surface area (Å²) in [4.78, 5) is 0. The maximum Gasteiger partial charge on any atom is 0.139 e. The van der Waals surface area contributed by atoms with Crippen LogP contribution in [0.15, 0.2) is 18.2 Å². The Labute approximate surface area is 140 Å². The van der Waals surface area contributed by atoms with E-state index in [1.165, 1.54) is 19.3 Å². The number of ether oxygens (including phenoxy) is 1. The van der Waals surface area contributed by atoms with E-state index in [1.807, 2.05) is 11.8 Å². The minimum Gasteiger partial charge on any atom is -0.489 e. The highest BCUT2D eigenvalue weighted by atomic mass is 35.5. The first-order chi connectivity index (χ1) is 10.1. The van der Waals surface area contributed by atoms with Gasteiger partial charge in [-0.05, 0) is 37.7 Å². The molecule has 0 bridgehead atoms. The maximum absolute atomic E-state index is 9.99. The van der Waals surface area contributed by atoms with Crippen LogP contribution in [0.3, 0.4) is 0 Å². The number of hydrogen-bond donors (Lipinski definition) is 2. The summed E-state index contributed by atoms with van der Waals surface area (Å²) in [5, 5.41) is 15.2. The first kappa shape index (κ1) is 17.2. The molecule has 2 N–H and O–H groups in total. The lowest BCUT2D eigenvalue weighted by atomic mass is 10.2.